The molecule has 4 heteroatoms. The molecule has 0 bridgehead atoms. The Morgan fingerprint density at radius 2 is 2.05 bits per heavy atom. The van der Waals surface area contributed by atoms with Gasteiger partial charge in [0.25, 0.3) is 0 Å². The molecule has 0 spiro atoms. The molecule has 0 aliphatic carbocycles. The quantitative estimate of drug-likeness (QED) is 0.890. The van der Waals surface area contributed by atoms with Crippen LogP contribution in [0.2, 0.25) is 0 Å². The van der Waals surface area contributed by atoms with Crippen LogP contribution in [-0.4, -0.2) is 38.7 Å². The van der Waals surface area contributed by atoms with Crippen LogP contribution >= 0.6 is 15.9 Å². The lowest BCUT2D eigenvalue weighted by atomic mass is 9.80. The van der Waals surface area contributed by atoms with Crippen molar-refractivity contribution in [2.45, 2.75) is 26.3 Å². The zero-order valence-electron chi connectivity index (χ0n) is 12.7. The molecule has 3 nitrogen and oxygen atoms in total. The summed E-state index contributed by atoms with van der Waals surface area (Å²) in [6.45, 7) is 6.73. The maximum absolute atomic E-state index is 5.41. The Balaban J connectivity index is 1.88. The van der Waals surface area contributed by atoms with E-state index in [1.54, 1.807) is 7.11 Å². The zero-order valence-corrected chi connectivity index (χ0v) is 14.3. The van der Waals surface area contributed by atoms with E-state index in [1.807, 2.05) is 12.1 Å². The minimum atomic E-state index is 0.422. The molecular formula is C16H25BrN2O. The number of hydrogen-bond donors (Lipinski definition) is 1. The number of halogens is 1. The molecule has 112 valence electrons. The SMILES string of the molecule is COc1ccc(Br)cc1CNCC1(C)CCN(C)CC1. The number of hydrogen-bond acceptors (Lipinski definition) is 3. The number of rotatable bonds is 5. The number of nitrogens with zero attached hydrogens (tertiary/aromatic N) is 1. The van der Waals surface area contributed by atoms with Crippen LogP contribution in [0.15, 0.2) is 22.7 Å². The number of likely N-dealkylation sites (tertiary alicyclic amines) is 1. The third-order valence-corrected chi connectivity index (χ3v) is 4.80. The summed E-state index contributed by atoms with van der Waals surface area (Å²) in [5.41, 5.74) is 1.63. The lowest BCUT2D eigenvalue weighted by Gasteiger charge is -2.38. The molecule has 0 aromatic heterocycles. The molecule has 1 fully saturated rings. The molecule has 1 aliphatic rings. The molecule has 1 aliphatic heterocycles. The summed E-state index contributed by atoms with van der Waals surface area (Å²) in [6, 6.07) is 6.15. The van der Waals surface area contributed by atoms with Crippen molar-refractivity contribution in [1.82, 2.24) is 10.2 Å². The molecule has 0 radical (unpaired) electrons. The number of nitrogens with one attached hydrogen (secondary N) is 1. The Labute approximate surface area is 130 Å². The number of ether oxygens (including phenoxy) is 1. The van der Waals surface area contributed by atoms with Crippen LogP contribution in [0.4, 0.5) is 0 Å². The second-order valence-corrected chi connectivity index (χ2v) is 7.09. The first-order valence-corrected chi connectivity index (χ1v) is 8.03. The lowest BCUT2D eigenvalue weighted by Crippen LogP contribution is -2.41. The molecule has 1 saturated heterocycles. The van der Waals surface area contributed by atoms with Crippen molar-refractivity contribution in [1.29, 1.82) is 0 Å². The van der Waals surface area contributed by atoms with Crippen molar-refractivity contribution in [3.05, 3.63) is 28.2 Å². The summed E-state index contributed by atoms with van der Waals surface area (Å²) >= 11 is 3.52. The highest BCUT2D eigenvalue weighted by Crippen LogP contribution is 2.30. The van der Waals surface area contributed by atoms with Gasteiger partial charge in [0.1, 0.15) is 5.75 Å². The first-order chi connectivity index (χ1) is 9.52. The van der Waals surface area contributed by atoms with Gasteiger partial charge in [0.05, 0.1) is 7.11 Å². The van der Waals surface area contributed by atoms with Gasteiger partial charge in [-0.3, -0.25) is 0 Å². The van der Waals surface area contributed by atoms with Gasteiger partial charge in [0.2, 0.25) is 0 Å². The molecule has 1 N–H and O–H groups in total. The molecule has 0 atom stereocenters. The summed E-state index contributed by atoms with van der Waals surface area (Å²) < 4.78 is 6.51. The third-order valence-electron chi connectivity index (χ3n) is 4.30. The van der Waals surface area contributed by atoms with Crippen LogP contribution in [0.3, 0.4) is 0 Å². The van der Waals surface area contributed by atoms with Gasteiger partial charge >= 0.3 is 0 Å². The van der Waals surface area contributed by atoms with Gasteiger partial charge in [-0.1, -0.05) is 22.9 Å². The summed E-state index contributed by atoms with van der Waals surface area (Å²) in [6.07, 6.45) is 2.54. The predicted octanol–water partition coefficient (Wildman–Crippen LogP) is 3.28. The fraction of sp³-hybridized carbons (Fsp3) is 0.625. The topological polar surface area (TPSA) is 24.5 Å². The average molecular weight is 341 g/mol. The fourth-order valence-electron chi connectivity index (χ4n) is 2.72. The van der Waals surface area contributed by atoms with Crippen LogP contribution in [0.25, 0.3) is 0 Å². The first kappa shape index (κ1) is 15.8. The van der Waals surface area contributed by atoms with Gasteiger partial charge in [-0.15, -0.1) is 0 Å². The van der Waals surface area contributed by atoms with Crippen molar-refractivity contribution in [3.8, 4) is 5.75 Å². The Bertz CT molecular complexity index is 442. The fourth-order valence-corrected chi connectivity index (χ4v) is 3.13. The van der Waals surface area contributed by atoms with Gasteiger partial charge in [-0.2, -0.15) is 0 Å². The molecule has 0 amide bonds. The van der Waals surface area contributed by atoms with E-state index in [9.17, 15) is 0 Å². The highest BCUT2D eigenvalue weighted by molar-refractivity contribution is 9.10. The normalized spacial score (nSPS) is 19.0. The van der Waals surface area contributed by atoms with E-state index in [2.05, 4.69) is 46.2 Å². The van der Waals surface area contributed by atoms with E-state index in [0.717, 1.165) is 23.3 Å². The van der Waals surface area contributed by atoms with Gasteiger partial charge in [-0.25, -0.2) is 0 Å². The Morgan fingerprint density at radius 1 is 1.35 bits per heavy atom. The molecule has 20 heavy (non-hydrogen) atoms. The highest BCUT2D eigenvalue weighted by Gasteiger charge is 2.28. The van der Waals surface area contributed by atoms with E-state index in [-0.39, 0.29) is 0 Å². The van der Waals surface area contributed by atoms with Crippen molar-refractivity contribution in [3.63, 3.8) is 0 Å². The highest BCUT2D eigenvalue weighted by atomic mass is 79.9. The Kier molecular flexibility index (Phi) is 5.47. The third kappa shape index (κ3) is 4.21. The summed E-state index contributed by atoms with van der Waals surface area (Å²) in [5, 5.41) is 3.61. The Hall–Kier alpha value is -0.580. The molecule has 1 heterocycles. The maximum Gasteiger partial charge on any atom is 0.123 e. The summed E-state index contributed by atoms with van der Waals surface area (Å²) in [4.78, 5) is 2.42. The monoisotopic (exact) mass is 340 g/mol. The van der Waals surface area contributed by atoms with Crippen LogP contribution in [-0.2, 0) is 6.54 Å². The van der Waals surface area contributed by atoms with E-state index >= 15 is 0 Å². The first-order valence-electron chi connectivity index (χ1n) is 7.24. The average Bonchev–Trinajstić information content (AvgIpc) is 2.43. The van der Waals surface area contributed by atoms with Crippen LogP contribution in [0.1, 0.15) is 25.3 Å². The maximum atomic E-state index is 5.41. The van der Waals surface area contributed by atoms with E-state index in [1.165, 1.54) is 31.5 Å². The Morgan fingerprint density at radius 3 is 2.70 bits per heavy atom. The van der Waals surface area contributed by atoms with Crippen LogP contribution < -0.4 is 10.1 Å². The van der Waals surface area contributed by atoms with Crippen molar-refractivity contribution in [2.75, 3.05) is 33.8 Å². The minimum Gasteiger partial charge on any atom is -0.496 e. The van der Waals surface area contributed by atoms with E-state index < -0.39 is 0 Å². The summed E-state index contributed by atoms with van der Waals surface area (Å²) in [7, 11) is 3.93. The molecule has 2 rings (SSSR count). The number of piperidine rings is 1. The van der Waals surface area contributed by atoms with E-state index in [4.69, 9.17) is 4.74 Å². The largest absolute Gasteiger partial charge is 0.496 e. The second kappa shape index (κ2) is 6.92. The van der Waals surface area contributed by atoms with Crippen molar-refractivity contribution >= 4 is 15.9 Å². The van der Waals surface area contributed by atoms with Gasteiger partial charge in [-0.05, 0) is 56.6 Å². The zero-order chi connectivity index (χ0) is 14.6. The van der Waals surface area contributed by atoms with Gasteiger partial charge in [0, 0.05) is 23.1 Å². The van der Waals surface area contributed by atoms with Crippen molar-refractivity contribution in [2.24, 2.45) is 5.41 Å². The van der Waals surface area contributed by atoms with Crippen LogP contribution in [0, 0.1) is 5.41 Å². The van der Waals surface area contributed by atoms with Crippen molar-refractivity contribution < 1.29 is 4.74 Å². The predicted molar refractivity (Wildman–Crippen MR) is 87.2 cm³/mol. The molecule has 1 aromatic rings. The summed E-state index contributed by atoms with van der Waals surface area (Å²) in [5.74, 6) is 0.953. The molecule has 0 saturated carbocycles. The minimum absolute atomic E-state index is 0.422. The number of benzene rings is 1. The van der Waals surface area contributed by atoms with Gasteiger partial charge < -0.3 is 15.0 Å². The molecule has 1 aromatic carbocycles. The standard InChI is InChI=1S/C16H25BrN2O/c1-16(6-8-19(2)9-7-16)12-18-11-13-10-14(17)4-5-15(13)20-3/h4-5,10,18H,6-9,11-12H2,1-3H3. The molecule has 0 unspecified atom stereocenters. The smallest absolute Gasteiger partial charge is 0.123 e. The lowest BCUT2D eigenvalue weighted by molar-refractivity contribution is 0.136. The molecular weight excluding hydrogens is 316 g/mol. The van der Waals surface area contributed by atoms with Gasteiger partial charge in [0.15, 0.2) is 0 Å². The second-order valence-electron chi connectivity index (χ2n) is 6.17. The number of methoxy groups -OCH3 is 1. The van der Waals surface area contributed by atoms with E-state index in [0.29, 0.717) is 5.41 Å². The van der Waals surface area contributed by atoms with Crippen LogP contribution in [0.5, 0.6) is 5.75 Å².